The van der Waals surface area contributed by atoms with Crippen molar-refractivity contribution >= 4 is 5.97 Å². The molecule has 9 nitrogen and oxygen atoms in total. The molecule has 0 spiro atoms. The molecule has 1 aromatic carbocycles. The lowest BCUT2D eigenvalue weighted by atomic mass is 9.99. The number of aliphatic hydroxyl groups excluding tert-OH is 3. The van der Waals surface area contributed by atoms with Crippen LogP contribution in [0.1, 0.15) is 11.7 Å². The highest BCUT2D eigenvalue weighted by Gasteiger charge is 2.45. The molecule has 6 N–H and O–H groups in total. The summed E-state index contributed by atoms with van der Waals surface area (Å²) >= 11 is 0. The molecule has 1 aromatic rings. The number of hydrogen-bond acceptors (Lipinski definition) is 8. The zero-order chi connectivity index (χ0) is 17.9. The minimum Gasteiger partial charge on any atom is -0.547 e. The predicted octanol–water partition coefficient (Wildman–Crippen LogP) is -3.80. The Labute approximate surface area is 138 Å². The average molecular weight is 343 g/mol. The first-order valence-corrected chi connectivity index (χ1v) is 7.48. The smallest absolute Gasteiger partial charge is 0.188 e. The van der Waals surface area contributed by atoms with Gasteiger partial charge < -0.3 is 45.1 Å². The van der Waals surface area contributed by atoms with Crippen molar-refractivity contribution in [2.24, 2.45) is 0 Å². The highest BCUT2D eigenvalue weighted by molar-refractivity contribution is 5.71. The van der Waals surface area contributed by atoms with Gasteiger partial charge in [-0.1, -0.05) is 12.1 Å². The Morgan fingerprint density at radius 1 is 1.33 bits per heavy atom. The Balaban J connectivity index is 2.19. The average Bonchev–Trinajstić information content (AvgIpc) is 2.54. The van der Waals surface area contributed by atoms with Crippen molar-refractivity contribution in [3.05, 3.63) is 29.8 Å². The fraction of sp³-hybridized carbons (Fsp3) is 0.533. The fourth-order valence-electron chi connectivity index (χ4n) is 2.53. The van der Waals surface area contributed by atoms with Crippen LogP contribution in [0, 0.1) is 0 Å². The van der Waals surface area contributed by atoms with E-state index in [9.17, 15) is 30.3 Å². The molecule has 2 rings (SSSR count). The molecule has 0 amide bonds. The number of aliphatic carboxylic acids is 1. The summed E-state index contributed by atoms with van der Waals surface area (Å²) in [6.07, 6.45) is -9.22. The van der Waals surface area contributed by atoms with Crippen molar-refractivity contribution in [2.45, 2.75) is 36.8 Å². The lowest BCUT2D eigenvalue weighted by Gasteiger charge is -2.41. The Kier molecular flexibility index (Phi) is 6.10. The predicted molar refractivity (Wildman–Crippen MR) is 76.3 cm³/mol. The third-order valence-corrected chi connectivity index (χ3v) is 3.79. The van der Waals surface area contributed by atoms with Crippen LogP contribution in [0.4, 0.5) is 0 Å². The first-order valence-electron chi connectivity index (χ1n) is 7.48. The van der Waals surface area contributed by atoms with Gasteiger partial charge >= 0.3 is 0 Å². The number of rotatable bonds is 6. The van der Waals surface area contributed by atoms with Gasteiger partial charge in [0.2, 0.25) is 0 Å². The van der Waals surface area contributed by atoms with Gasteiger partial charge in [0, 0.05) is 0 Å². The molecule has 6 atom stereocenters. The number of nitrogens with two attached hydrogens (primary N) is 1. The van der Waals surface area contributed by atoms with Crippen molar-refractivity contribution in [2.75, 3.05) is 13.6 Å². The highest BCUT2D eigenvalue weighted by atomic mass is 16.7. The number of benzene rings is 1. The lowest BCUT2D eigenvalue weighted by Crippen LogP contribution is -2.81. The number of quaternary nitrogens is 1. The summed E-state index contributed by atoms with van der Waals surface area (Å²) < 4.78 is 10.7. The molecule has 0 radical (unpaired) electrons. The Morgan fingerprint density at radius 3 is 2.62 bits per heavy atom. The van der Waals surface area contributed by atoms with Crippen LogP contribution in [0.15, 0.2) is 24.3 Å². The van der Waals surface area contributed by atoms with E-state index in [4.69, 9.17) is 9.47 Å². The highest BCUT2D eigenvalue weighted by Crippen LogP contribution is 2.28. The van der Waals surface area contributed by atoms with Crippen LogP contribution >= 0.6 is 0 Å². The van der Waals surface area contributed by atoms with Gasteiger partial charge in [0.05, 0.1) is 13.0 Å². The topological polar surface area (TPSA) is 156 Å². The molecule has 0 aliphatic carbocycles. The van der Waals surface area contributed by atoms with Gasteiger partial charge in [-0.15, -0.1) is 0 Å². The van der Waals surface area contributed by atoms with Gasteiger partial charge in [0.25, 0.3) is 0 Å². The molecule has 1 heterocycles. The van der Waals surface area contributed by atoms with E-state index in [0.717, 1.165) is 0 Å². The van der Waals surface area contributed by atoms with Crippen molar-refractivity contribution in [1.29, 1.82) is 0 Å². The number of phenolic OH excluding ortho intramolecular Hbond substituents is 1. The van der Waals surface area contributed by atoms with Crippen molar-refractivity contribution < 1.29 is 45.1 Å². The first kappa shape index (κ1) is 18.6. The largest absolute Gasteiger partial charge is 0.547 e. The molecule has 0 bridgehead atoms. The van der Waals surface area contributed by atoms with E-state index >= 15 is 0 Å². The SMILES string of the molecule is C[NH2+]C[C@H](O[C@@H]1O[C@H](C(=O)[O-])[C@@H](O)[C@H](O)[C@H]1O)c1cccc(O)c1. The van der Waals surface area contributed by atoms with Crippen LogP contribution in [0.5, 0.6) is 5.75 Å². The van der Waals surface area contributed by atoms with Crippen molar-refractivity contribution in [3.63, 3.8) is 0 Å². The minimum atomic E-state index is -1.83. The van der Waals surface area contributed by atoms with Gasteiger partial charge in [0.1, 0.15) is 42.8 Å². The number of aromatic hydroxyl groups is 1. The summed E-state index contributed by atoms with van der Waals surface area (Å²) in [5.41, 5.74) is 0.578. The number of carboxylic acid groups (broad SMARTS) is 1. The zero-order valence-electron chi connectivity index (χ0n) is 13.0. The van der Waals surface area contributed by atoms with Crippen molar-refractivity contribution in [1.82, 2.24) is 0 Å². The van der Waals surface area contributed by atoms with Gasteiger partial charge in [-0.3, -0.25) is 0 Å². The second kappa shape index (κ2) is 7.88. The van der Waals surface area contributed by atoms with Gasteiger partial charge in [0.15, 0.2) is 6.29 Å². The summed E-state index contributed by atoms with van der Waals surface area (Å²) in [6, 6.07) is 6.24. The molecular weight excluding hydrogens is 322 g/mol. The zero-order valence-corrected chi connectivity index (χ0v) is 13.0. The van der Waals surface area contributed by atoms with E-state index in [1.165, 1.54) is 12.1 Å². The van der Waals surface area contributed by atoms with Gasteiger partial charge in [-0.25, -0.2) is 0 Å². The second-order valence-electron chi connectivity index (χ2n) is 5.58. The number of carboxylic acids is 1. The summed E-state index contributed by atoms with van der Waals surface area (Å²) in [5.74, 6) is -1.71. The molecule has 0 aromatic heterocycles. The molecule has 0 unspecified atom stereocenters. The van der Waals surface area contributed by atoms with E-state index in [0.29, 0.717) is 12.1 Å². The van der Waals surface area contributed by atoms with Crippen LogP contribution < -0.4 is 10.4 Å². The number of likely N-dealkylation sites (N-methyl/N-ethyl adjacent to an activating group) is 1. The summed E-state index contributed by atoms with van der Waals surface area (Å²) in [4.78, 5) is 11.0. The number of aliphatic hydroxyl groups is 3. The monoisotopic (exact) mass is 343 g/mol. The maximum Gasteiger partial charge on any atom is 0.188 e. The van der Waals surface area contributed by atoms with Crippen LogP contribution in [-0.4, -0.2) is 70.7 Å². The molecule has 24 heavy (non-hydrogen) atoms. The Morgan fingerprint density at radius 2 is 2.04 bits per heavy atom. The molecule has 134 valence electrons. The molecule has 0 saturated carbocycles. The van der Waals surface area contributed by atoms with Gasteiger partial charge in [-0.05, 0) is 17.7 Å². The van der Waals surface area contributed by atoms with Crippen LogP contribution in [0.2, 0.25) is 0 Å². The summed E-state index contributed by atoms with van der Waals surface area (Å²) in [5, 5.41) is 51.8. The molecule has 9 heteroatoms. The van der Waals surface area contributed by atoms with E-state index in [1.54, 1.807) is 24.5 Å². The number of phenols is 1. The number of carbonyl (C=O) groups is 1. The van der Waals surface area contributed by atoms with E-state index < -0.39 is 42.8 Å². The van der Waals surface area contributed by atoms with E-state index in [-0.39, 0.29) is 5.75 Å². The Hall–Kier alpha value is -1.75. The maximum absolute atomic E-state index is 11.0. The lowest BCUT2D eigenvalue weighted by molar-refractivity contribution is -0.636. The molecule has 1 aliphatic rings. The minimum absolute atomic E-state index is 0.0189. The third-order valence-electron chi connectivity index (χ3n) is 3.79. The number of hydrogen-bond donors (Lipinski definition) is 5. The maximum atomic E-state index is 11.0. The Bertz CT molecular complexity index is 568. The van der Waals surface area contributed by atoms with E-state index in [1.807, 2.05) is 0 Å². The normalized spacial score (nSPS) is 31.6. The van der Waals surface area contributed by atoms with Crippen molar-refractivity contribution in [3.8, 4) is 5.75 Å². The second-order valence-corrected chi connectivity index (χ2v) is 5.58. The summed E-state index contributed by atoms with van der Waals surface area (Å²) in [7, 11) is 1.78. The van der Waals surface area contributed by atoms with Crippen LogP contribution in [-0.2, 0) is 14.3 Å². The van der Waals surface area contributed by atoms with Gasteiger partial charge in [-0.2, -0.15) is 0 Å². The van der Waals surface area contributed by atoms with E-state index in [2.05, 4.69) is 0 Å². The molecular formula is C15H21NO8. The third kappa shape index (κ3) is 4.01. The molecule has 1 saturated heterocycles. The number of carbonyl (C=O) groups excluding carboxylic acids is 1. The standard InChI is InChI=1S/C15H21NO8/c1-16-6-9(7-3-2-4-8(17)5-7)23-15-12(20)10(18)11(19)13(24-15)14(21)22/h2-5,9-13,15-20H,6H2,1H3,(H,21,22)/t9-,10-,11-,12+,13-,15+/m0/s1. The number of ether oxygens (including phenoxy) is 2. The molecule has 1 fully saturated rings. The molecule has 1 aliphatic heterocycles. The first-order chi connectivity index (χ1) is 11.3. The van der Waals surface area contributed by atoms with Crippen LogP contribution in [0.3, 0.4) is 0 Å². The summed E-state index contributed by atoms with van der Waals surface area (Å²) in [6.45, 7) is 0.380. The quantitative estimate of drug-likeness (QED) is 0.352. The van der Waals surface area contributed by atoms with Crippen LogP contribution in [0.25, 0.3) is 0 Å². The fourth-order valence-corrected chi connectivity index (χ4v) is 2.53.